The maximum atomic E-state index is 14.8. The number of fused-ring (bicyclic) bond motifs is 1. The second-order valence-corrected chi connectivity index (χ2v) is 8.00. The zero-order valence-corrected chi connectivity index (χ0v) is 19.4. The fourth-order valence-electron chi connectivity index (χ4n) is 3.91. The standard InChI is InChI=1S/C25H21FN4O6/c1-11-18(27-12(2)21(11)24(33)34)9-16-15-8-17(26)20(10-19(15)28-23(16)32)29-25(35)30-22(31)13-4-6-14(36-3)7-5-13/h4-10,27H,1-3H3,(H,28,32)(H,33,34)(H2,29,30,31,35). The van der Waals surface area contributed by atoms with E-state index < -0.39 is 29.6 Å². The summed E-state index contributed by atoms with van der Waals surface area (Å²) in [6.45, 7) is 3.20. The number of amides is 4. The molecule has 10 nitrogen and oxygen atoms in total. The Bertz CT molecular complexity index is 1460. The number of aromatic nitrogens is 1. The third-order valence-corrected chi connectivity index (χ3v) is 5.70. The molecule has 0 aliphatic carbocycles. The predicted octanol–water partition coefficient (Wildman–Crippen LogP) is 3.93. The largest absolute Gasteiger partial charge is 0.497 e. The highest BCUT2D eigenvalue weighted by molar-refractivity contribution is 6.35. The summed E-state index contributed by atoms with van der Waals surface area (Å²) in [4.78, 5) is 51.5. The van der Waals surface area contributed by atoms with Crippen molar-refractivity contribution in [2.75, 3.05) is 17.7 Å². The van der Waals surface area contributed by atoms with Crippen LogP contribution in [0.25, 0.3) is 11.6 Å². The molecule has 0 atom stereocenters. The molecule has 36 heavy (non-hydrogen) atoms. The SMILES string of the molecule is COc1ccc(C(=O)NC(=O)Nc2cc3c(cc2F)C(=Cc2[nH]c(C)c(C(=O)O)c2C)C(=O)N3)cc1. The number of H-pyrrole nitrogens is 1. The minimum Gasteiger partial charge on any atom is -0.497 e. The fourth-order valence-corrected chi connectivity index (χ4v) is 3.91. The number of hydrogen-bond donors (Lipinski definition) is 5. The number of methoxy groups -OCH3 is 1. The monoisotopic (exact) mass is 492 g/mol. The van der Waals surface area contributed by atoms with E-state index in [0.29, 0.717) is 22.7 Å². The minimum absolute atomic E-state index is 0.0985. The van der Waals surface area contributed by atoms with Gasteiger partial charge in [-0.3, -0.25) is 14.9 Å². The zero-order chi connectivity index (χ0) is 26.1. The van der Waals surface area contributed by atoms with Crippen LogP contribution in [0.15, 0.2) is 36.4 Å². The van der Waals surface area contributed by atoms with Crippen molar-refractivity contribution in [3.8, 4) is 5.75 Å². The van der Waals surface area contributed by atoms with E-state index >= 15 is 0 Å². The molecule has 0 radical (unpaired) electrons. The fraction of sp³-hybridized carbons (Fsp3) is 0.120. The molecule has 1 aromatic heterocycles. The van der Waals surface area contributed by atoms with Gasteiger partial charge in [-0.25, -0.2) is 14.0 Å². The van der Waals surface area contributed by atoms with Crippen molar-refractivity contribution in [1.82, 2.24) is 10.3 Å². The Kier molecular flexibility index (Phi) is 6.30. The second kappa shape index (κ2) is 9.37. The molecule has 5 N–H and O–H groups in total. The quantitative estimate of drug-likeness (QED) is 0.341. The van der Waals surface area contributed by atoms with Gasteiger partial charge in [-0.05, 0) is 61.9 Å². The van der Waals surface area contributed by atoms with Crippen LogP contribution >= 0.6 is 0 Å². The maximum Gasteiger partial charge on any atom is 0.337 e. The van der Waals surface area contributed by atoms with Crippen molar-refractivity contribution in [1.29, 1.82) is 0 Å². The van der Waals surface area contributed by atoms with Crippen molar-refractivity contribution in [3.63, 3.8) is 0 Å². The molecule has 11 heteroatoms. The number of anilines is 2. The summed E-state index contributed by atoms with van der Waals surface area (Å²) in [6, 6.07) is 7.38. The molecule has 0 spiro atoms. The molecule has 0 unspecified atom stereocenters. The van der Waals surface area contributed by atoms with Crippen LogP contribution in [0.3, 0.4) is 0 Å². The predicted molar refractivity (Wildman–Crippen MR) is 130 cm³/mol. The number of aromatic amines is 1. The molecular weight excluding hydrogens is 471 g/mol. The van der Waals surface area contributed by atoms with E-state index in [1.54, 1.807) is 26.0 Å². The molecule has 0 fully saturated rings. The summed E-state index contributed by atoms with van der Waals surface area (Å²) < 4.78 is 19.9. The summed E-state index contributed by atoms with van der Waals surface area (Å²) in [5.74, 6) is -2.63. The van der Waals surface area contributed by atoms with Gasteiger partial charge in [0.25, 0.3) is 11.8 Å². The lowest BCUT2D eigenvalue weighted by atomic mass is 10.0. The van der Waals surface area contributed by atoms with Gasteiger partial charge >= 0.3 is 12.0 Å². The Labute approximate surface area is 204 Å². The molecule has 0 saturated carbocycles. The molecule has 184 valence electrons. The number of aryl methyl sites for hydroxylation is 1. The van der Waals surface area contributed by atoms with Crippen LogP contribution in [-0.4, -0.2) is 41.0 Å². The molecular formula is C25H21FN4O6. The second-order valence-electron chi connectivity index (χ2n) is 8.00. The third-order valence-electron chi connectivity index (χ3n) is 5.70. The highest BCUT2D eigenvalue weighted by Gasteiger charge is 2.28. The van der Waals surface area contributed by atoms with Gasteiger partial charge in [0.15, 0.2) is 0 Å². The van der Waals surface area contributed by atoms with Gasteiger partial charge in [0.1, 0.15) is 11.6 Å². The van der Waals surface area contributed by atoms with Crippen LogP contribution in [0, 0.1) is 19.7 Å². The number of hydrogen-bond acceptors (Lipinski definition) is 5. The Morgan fingerprint density at radius 1 is 1.11 bits per heavy atom. The van der Waals surface area contributed by atoms with Crippen molar-refractivity contribution < 1.29 is 33.4 Å². The van der Waals surface area contributed by atoms with Crippen LogP contribution < -0.4 is 20.7 Å². The van der Waals surface area contributed by atoms with E-state index in [2.05, 4.69) is 20.9 Å². The van der Waals surface area contributed by atoms with Crippen molar-refractivity contribution >= 4 is 46.8 Å². The number of carbonyl (C=O) groups excluding carboxylic acids is 3. The van der Waals surface area contributed by atoms with E-state index in [0.717, 1.165) is 6.07 Å². The molecule has 1 aliphatic heterocycles. The zero-order valence-electron chi connectivity index (χ0n) is 19.4. The summed E-state index contributed by atoms with van der Waals surface area (Å²) in [6.07, 6.45) is 1.45. The van der Waals surface area contributed by atoms with Crippen LogP contribution in [0.4, 0.5) is 20.6 Å². The lowest BCUT2D eigenvalue weighted by molar-refractivity contribution is -0.110. The molecule has 4 rings (SSSR count). The number of carboxylic acid groups (broad SMARTS) is 1. The van der Waals surface area contributed by atoms with E-state index in [9.17, 15) is 28.7 Å². The van der Waals surface area contributed by atoms with Crippen LogP contribution in [0.2, 0.25) is 0 Å². The average Bonchev–Trinajstić information content (AvgIpc) is 3.28. The number of urea groups is 1. The van der Waals surface area contributed by atoms with Crippen molar-refractivity contribution in [3.05, 3.63) is 75.9 Å². The highest BCUT2D eigenvalue weighted by atomic mass is 19.1. The van der Waals surface area contributed by atoms with Crippen LogP contribution in [0.1, 0.15) is 43.2 Å². The number of carbonyl (C=O) groups is 4. The number of carboxylic acids is 1. The first-order valence-corrected chi connectivity index (χ1v) is 10.6. The summed E-state index contributed by atoms with van der Waals surface area (Å²) in [5.41, 5.74) is 1.90. The molecule has 4 amide bonds. The lowest BCUT2D eigenvalue weighted by Crippen LogP contribution is -2.34. The number of ether oxygens (including phenoxy) is 1. The molecule has 2 heterocycles. The number of nitrogens with one attached hydrogen (secondary N) is 4. The first kappa shape index (κ1) is 24.2. The van der Waals surface area contributed by atoms with E-state index in [-0.39, 0.29) is 33.6 Å². The van der Waals surface area contributed by atoms with Crippen molar-refractivity contribution in [2.24, 2.45) is 0 Å². The molecule has 0 bridgehead atoms. The molecule has 1 aliphatic rings. The van der Waals surface area contributed by atoms with E-state index in [1.807, 2.05) is 0 Å². The Morgan fingerprint density at radius 2 is 1.81 bits per heavy atom. The topological polar surface area (TPSA) is 150 Å². The molecule has 3 aromatic rings. The number of rotatable bonds is 5. The van der Waals surface area contributed by atoms with E-state index in [4.69, 9.17) is 4.74 Å². The third kappa shape index (κ3) is 4.53. The number of imide groups is 1. The van der Waals surface area contributed by atoms with Gasteiger partial charge in [0.2, 0.25) is 0 Å². The van der Waals surface area contributed by atoms with Gasteiger partial charge < -0.3 is 25.5 Å². The first-order chi connectivity index (χ1) is 17.1. The smallest absolute Gasteiger partial charge is 0.337 e. The number of benzene rings is 2. The van der Waals surface area contributed by atoms with Gasteiger partial charge in [-0.15, -0.1) is 0 Å². The maximum absolute atomic E-state index is 14.8. The summed E-state index contributed by atoms with van der Waals surface area (Å²) in [7, 11) is 1.48. The van der Waals surface area contributed by atoms with Gasteiger partial charge in [0, 0.05) is 22.5 Å². The highest BCUT2D eigenvalue weighted by Crippen LogP contribution is 2.37. The lowest BCUT2D eigenvalue weighted by Gasteiger charge is -2.10. The first-order valence-electron chi connectivity index (χ1n) is 10.6. The Morgan fingerprint density at radius 3 is 2.42 bits per heavy atom. The van der Waals surface area contributed by atoms with Crippen LogP contribution in [0.5, 0.6) is 5.75 Å². The van der Waals surface area contributed by atoms with Gasteiger partial charge in [-0.1, -0.05) is 0 Å². The van der Waals surface area contributed by atoms with Crippen molar-refractivity contribution in [2.45, 2.75) is 13.8 Å². The summed E-state index contributed by atoms with van der Waals surface area (Å²) >= 11 is 0. The number of halogens is 1. The molecule has 2 aromatic carbocycles. The Balaban J connectivity index is 1.55. The normalized spacial score (nSPS) is 13.2. The van der Waals surface area contributed by atoms with E-state index in [1.165, 1.54) is 31.4 Å². The van der Waals surface area contributed by atoms with Gasteiger partial charge in [0.05, 0.1) is 29.6 Å². The Hall–Kier alpha value is -4.93. The minimum atomic E-state index is -1.10. The molecule has 0 saturated heterocycles. The summed E-state index contributed by atoms with van der Waals surface area (Å²) in [5, 5.41) is 16.3. The average molecular weight is 492 g/mol. The van der Waals surface area contributed by atoms with Crippen LogP contribution in [-0.2, 0) is 4.79 Å². The van der Waals surface area contributed by atoms with Gasteiger partial charge in [-0.2, -0.15) is 0 Å². The number of aromatic carboxylic acids is 1.